The summed E-state index contributed by atoms with van der Waals surface area (Å²) in [4.78, 5) is 2.27. The Bertz CT molecular complexity index is 626. The van der Waals surface area contributed by atoms with Crippen LogP contribution in [-0.2, 0) is 13.0 Å². The highest BCUT2D eigenvalue weighted by atomic mass is 35.5. The molecule has 0 aromatic heterocycles. The van der Waals surface area contributed by atoms with Gasteiger partial charge in [0.15, 0.2) is 0 Å². The first-order valence-electron chi connectivity index (χ1n) is 6.97. The third kappa shape index (κ3) is 2.19. The van der Waals surface area contributed by atoms with Crippen LogP contribution >= 0.6 is 11.6 Å². The molecule has 2 nitrogen and oxygen atoms in total. The summed E-state index contributed by atoms with van der Waals surface area (Å²) in [6.45, 7) is 2.21. The molecule has 0 fully saturated rings. The molecule has 0 radical (unpaired) electrons. The number of nitrogens with zero attached hydrogens (tertiary/aromatic N) is 1. The third-order valence-electron chi connectivity index (χ3n) is 4.00. The summed E-state index contributed by atoms with van der Waals surface area (Å²) in [6.07, 6.45) is 2.18. The minimum atomic E-state index is 0.00127. The van der Waals surface area contributed by atoms with Crippen molar-refractivity contribution in [3.63, 3.8) is 0 Å². The van der Waals surface area contributed by atoms with E-state index in [1.54, 1.807) is 0 Å². The molecule has 1 aliphatic rings. The number of aryl methyl sites for hydroxylation is 1. The number of halogens is 1. The molecule has 1 aliphatic heterocycles. The summed E-state index contributed by atoms with van der Waals surface area (Å²) in [5, 5.41) is 10.3. The van der Waals surface area contributed by atoms with Crippen molar-refractivity contribution in [2.24, 2.45) is 0 Å². The Morgan fingerprint density at radius 3 is 2.80 bits per heavy atom. The number of hydrogen-bond donors (Lipinski definition) is 1. The molecule has 0 saturated carbocycles. The minimum absolute atomic E-state index is 0.00127. The quantitative estimate of drug-likeness (QED) is 0.890. The van der Waals surface area contributed by atoms with Crippen LogP contribution in [0.1, 0.15) is 24.5 Å². The molecule has 1 heterocycles. The molecule has 0 aliphatic carbocycles. The Morgan fingerprint density at radius 2 is 2.00 bits per heavy atom. The lowest BCUT2D eigenvalue weighted by Crippen LogP contribution is -2.34. The molecule has 1 N–H and O–H groups in total. The standard InChI is InChI=1S/C17H18ClNO/c1-12-9-10-13-5-2-3-8-16(13)19(12)17-14(11-20)6-4-7-15(17)18/h2-8,12,20H,9-11H2,1H3. The van der Waals surface area contributed by atoms with Gasteiger partial charge in [-0.2, -0.15) is 0 Å². The van der Waals surface area contributed by atoms with Crippen LogP contribution in [0.3, 0.4) is 0 Å². The van der Waals surface area contributed by atoms with Gasteiger partial charge in [0, 0.05) is 17.3 Å². The smallest absolute Gasteiger partial charge is 0.0702 e. The predicted molar refractivity (Wildman–Crippen MR) is 83.7 cm³/mol. The molecule has 20 heavy (non-hydrogen) atoms. The van der Waals surface area contributed by atoms with Crippen molar-refractivity contribution in [3.05, 3.63) is 58.6 Å². The number of benzene rings is 2. The molecule has 1 atom stereocenters. The number of para-hydroxylation sites is 2. The lowest BCUT2D eigenvalue weighted by molar-refractivity contribution is 0.282. The van der Waals surface area contributed by atoms with Crippen molar-refractivity contribution in [1.29, 1.82) is 0 Å². The van der Waals surface area contributed by atoms with Gasteiger partial charge in [0.1, 0.15) is 0 Å². The van der Waals surface area contributed by atoms with E-state index in [-0.39, 0.29) is 6.61 Å². The SMILES string of the molecule is CC1CCc2ccccc2N1c1c(Cl)cccc1CO. The zero-order valence-electron chi connectivity index (χ0n) is 11.5. The largest absolute Gasteiger partial charge is 0.392 e. The number of fused-ring (bicyclic) bond motifs is 1. The average Bonchev–Trinajstić information content (AvgIpc) is 2.48. The van der Waals surface area contributed by atoms with Gasteiger partial charge in [0.05, 0.1) is 17.3 Å². The first-order chi connectivity index (χ1) is 9.72. The number of hydrogen-bond acceptors (Lipinski definition) is 2. The molecule has 3 rings (SSSR count). The topological polar surface area (TPSA) is 23.5 Å². The molecule has 2 aromatic carbocycles. The second kappa shape index (κ2) is 5.47. The van der Waals surface area contributed by atoms with Gasteiger partial charge in [-0.05, 0) is 37.5 Å². The van der Waals surface area contributed by atoms with E-state index >= 15 is 0 Å². The second-order valence-electron chi connectivity index (χ2n) is 5.29. The van der Waals surface area contributed by atoms with E-state index in [1.807, 2.05) is 18.2 Å². The van der Waals surface area contributed by atoms with Gasteiger partial charge in [-0.25, -0.2) is 0 Å². The zero-order valence-corrected chi connectivity index (χ0v) is 12.3. The Kier molecular flexibility index (Phi) is 3.68. The first kappa shape index (κ1) is 13.5. The van der Waals surface area contributed by atoms with E-state index in [1.165, 1.54) is 11.3 Å². The molecule has 0 amide bonds. The van der Waals surface area contributed by atoms with Crippen molar-refractivity contribution < 1.29 is 5.11 Å². The fourth-order valence-corrected chi connectivity index (χ4v) is 3.27. The van der Waals surface area contributed by atoms with E-state index < -0.39 is 0 Å². The Balaban J connectivity index is 2.19. The highest BCUT2D eigenvalue weighted by Crippen LogP contribution is 2.41. The van der Waals surface area contributed by atoms with Crippen LogP contribution in [0, 0.1) is 0 Å². The molecule has 1 unspecified atom stereocenters. The normalized spacial score (nSPS) is 17.9. The number of rotatable bonds is 2. The van der Waals surface area contributed by atoms with Gasteiger partial charge in [-0.3, -0.25) is 0 Å². The van der Waals surface area contributed by atoms with Crippen molar-refractivity contribution >= 4 is 23.0 Å². The predicted octanol–water partition coefficient (Wildman–Crippen LogP) is 4.31. The molecule has 0 spiro atoms. The lowest BCUT2D eigenvalue weighted by atomic mass is 9.95. The number of aliphatic hydroxyl groups is 1. The van der Waals surface area contributed by atoms with E-state index in [0.29, 0.717) is 11.1 Å². The van der Waals surface area contributed by atoms with E-state index in [2.05, 4.69) is 36.1 Å². The highest BCUT2D eigenvalue weighted by Gasteiger charge is 2.27. The Labute approximate surface area is 124 Å². The molecular formula is C17H18ClNO. The summed E-state index contributed by atoms with van der Waals surface area (Å²) in [5.41, 5.74) is 4.36. The Hall–Kier alpha value is -1.51. The van der Waals surface area contributed by atoms with Gasteiger partial charge < -0.3 is 10.0 Å². The van der Waals surface area contributed by atoms with Crippen LogP contribution in [0.2, 0.25) is 5.02 Å². The maximum atomic E-state index is 9.62. The second-order valence-corrected chi connectivity index (χ2v) is 5.70. The third-order valence-corrected chi connectivity index (χ3v) is 4.31. The molecule has 2 aromatic rings. The van der Waals surface area contributed by atoms with Crippen LogP contribution in [-0.4, -0.2) is 11.1 Å². The van der Waals surface area contributed by atoms with Crippen molar-refractivity contribution in [2.45, 2.75) is 32.4 Å². The van der Waals surface area contributed by atoms with Gasteiger partial charge in [-0.1, -0.05) is 41.9 Å². The van der Waals surface area contributed by atoms with Crippen LogP contribution in [0.4, 0.5) is 11.4 Å². The van der Waals surface area contributed by atoms with E-state index in [9.17, 15) is 5.11 Å². The summed E-state index contributed by atoms with van der Waals surface area (Å²) in [6, 6.07) is 14.5. The average molecular weight is 288 g/mol. The summed E-state index contributed by atoms with van der Waals surface area (Å²) in [7, 11) is 0. The first-order valence-corrected chi connectivity index (χ1v) is 7.35. The van der Waals surface area contributed by atoms with Gasteiger partial charge >= 0.3 is 0 Å². The van der Waals surface area contributed by atoms with Crippen LogP contribution in [0.25, 0.3) is 0 Å². The highest BCUT2D eigenvalue weighted by molar-refractivity contribution is 6.33. The maximum absolute atomic E-state index is 9.62. The van der Waals surface area contributed by atoms with Gasteiger partial charge in [0.2, 0.25) is 0 Å². The summed E-state index contributed by atoms with van der Waals surface area (Å²) >= 11 is 6.42. The monoisotopic (exact) mass is 287 g/mol. The van der Waals surface area contributed by atoms with Gasteiger partial charge in [-0.15, -0.1) is 0 Å². The molecular weight excluding hydrogens is 270 g/mol. The molecule has 104 valence electrons. The fourth-order valence-electron chi connectivity index (χ4n) is 2.99. The van der Waals surface area contributed by atoms with Crippen molar-refractivity contribution in [2.75, 3.05) is 4.90 Å². The Morgan fingerprint density at radius 1 is 1.20 bits per heavy atom. The zero-order chi connectivity index (χ0) is 14.1. The fraction of sp³-hybridized carbons (Fsp3) is 0.294. The van der Waals surface area contributed by atoms with Crippen molar-refractivity contribution in [3.8, 4) is 0 Å². The molecule has 3 heteroatoms. The summed E-state index contributed by atoms with van der Waals surface area (Å²) in [5.74, 6) is 0. The van der Waals surface area contributed by atoms with Crippen LogP contribution < -0.4 is 4.90 Å². The number of aliphatic hydroxyl groups excluding tert-OH is 1. The van der Waals surface area contributed by atoms with Crippen LogP contribution in [0.5, 0.6) is 0 Å². The summed E-state index contributed by atoms with van der Waals surface area (Å²) < 4.78 is 0. The molecule has 0 saturated heterocycles. The van der Waals surface area contributed by atoms with Crippen LogP contribution in [0.15, 0.2) is 42.5 Å². The lowest BCUT2D eigenvalue weighted by Gasteiger charge is -2.38. The number of anilines is 2. The van der Waals surface area contributed by atoms with E-state index in [4.69, 9.17) is 11.6 Å². The minimum Gasteiger partial charge on any atom is -0.392 e. The van der Waals surface area contributed by atoms with E-state index in [0.717, 1.165) is 24.1 Å². The van der Waals surface area contributed by atoms with Gasteiger partial charge in [0.25, 0.3) is 0 Å². The molecule has 0 bridgehead atoms. The van der Waals surface area contributed by atoms with Crippen molar-refractivity contribution in [1.82, 2.24) is 0 Å². The maximum Gasteiger partial charge on any atom is 0.0702 e.